The van der Waals surface area contributed by atoms with Gasteiger partial charge < -0.3 is 14.6 Å². The summed E-state index contributed by atoms with van der Waals surface area (Å²) in [7, 11) is 0. The smallest absolute Gasteiger partial charge is 0.416 e. The van der Waals surface area contributed by atoms with Gasteiger partial charge in [0.25, 0.3) is 0 Å². The summed E-state index contributed by atoms with van der Waals surface area (Å²) in [6, 6.07) is 2.11. The molecule has 0 unspecified atom stereocenters. The molecule has 3 rings (SSSR count). The molecule has 1 fully saturated rings. The molecule has 1 saturated carbocycles. The molecule has 7 heteroatoms. The summed E-state index contributed by atoms with van der Waals surface area (Å²) >= 11 is 0. The Kier molecular flexibility index (Phi) is 3.90. The van der Waals surface area contributed by atoms with Crippen molar-refractivity contribution in [1.82, 2.24) is 0 Å². The van der Waals surface area contributed by atoms with Gasteiger partial charge in [-0.3, -0.25) is 4.79 Å². The Morgan fingerprint density at radius 3 is 2.13 bits per heavy atom. The zero-order valence-corrected chi connectivity index (χ0v) is 12.4. The molecule has 1 aromatic carbocycles. The molecule has 0 spiro atoms. The number of benzene rings is 1. The zero-order valence-electron chi connectivity index (χ0n) is 12.4. The van der Waals surface area contributed by atoms with E-state index in [9.17, 15) is 23.1 Å². The van der Waals surface area contributed by atoms with E-state index in [0.29, 0.717) is 25.9 Å². The first-order valence-corrected chi connectivity index (χ1v) is 7.59. The quantitative estimate of drug-likeness (QED) is 0.897. The highest BCUT2D eigenvalue weighted by Gasteiger charge is 2.49. The van der Waals surface area contributed by atoms with Crippen LogP contribution in [0.25, 0.3) is 0 Å². The van der Waals surface area contributed by atoms with Crippen LogP contribution in [0.4, 0.5) is 13.2 Å². The van der Waals surface area contributed by atoms with E-state index in [-0.39, 0.29) is 36.5 Å². The monoisotopic (exact) mass is 330 g/mol. The molecule has 2 aliphatic rings. The average Bonchev–Trinajstić information content (AvgIpc) is 2.86. The van der Waals surface area contributed by atoms with Gasteiger partial charge in [0.1, 0.15) is 0 Å². The first kappa shape index (κ1) is 16.0. The summed E-state index contributed by atoms with van der Waals surface area (Å²) in [5.41, 5.74) is -2.65. The predicted octanol–water partition coefficient (Wildman–Crippen LogP) is 3.76. The summed E-state index contributed by atoms with van der Waals surface area (Å²) in [5, 5.41) is 9.63. The second-order valence-electron chi connectivity index (χ2n) is 5.99. The fourth-order valence-electron chi connectivity index (χ4n) is 3.42. The van der Waals surface area contributed by atoms with E-state index >= 15 is 0 Å². The van der Waals surface area contributed by atoms with Gasteiger partial charge in [-0.25, -0.2) is 0 Å². The molecule has 1 aromatic rings. The number of halogens is 3. The van der Waals surface area contributed by atoms with Gasteiger partial charge in [-0.15, -0.1) is 0 Å². The van der Waals surface area contributed by atoms with Gasteiger partial charge in [-0.1, -0.05) is 12.8 Å². The zero-order chi connectivity index (χ0) is 16.7. The maximum Gasteiger partial charge on any atom is 0.416 e. The molecule has 1 aliphatic heterocycles. The number of fused-ring (bicyclic) bond motifs is 1. The van der Waals surface area contributed by atoms with Crippen LogP contribution in [0.2, 0.25) is 0 Å². The van der Waals surface area contributed by atoms with Crippen molar-refractivity contribution in [2.45, 2.75) is 43.7 Å². The third kappa shape index (κ3) is 2.72. The number of ether oxygens (including phenoxy) is 2. The van der Waals surface area contributed by atoms with E-state index in [1.54, 1.807) is 0 Å². The Morgan fingerprint density at radius 2 is 1.61 bits per heavy atom. The van der Waals surface area contributed by atoms with Gasteiger partial charge in [0.05, 0.1) is 24.2 Å². The van der Waals surface area contributed by atoms with E-state index in [0.717, 1.165) is 6.07 Å². The van der Waals surface area contributed by atoms with Crippen molar-refractivity contribution in [1.29, 1.82) is 0 Å². The maximum absolute atomic E-state index is 13.5. The highest BCUT2D eigenvalue weighted by Crippen LogP contribution is 2.49. The standard InChI is InChI=1S/C16H17F3O4/c17-16(18,19)11-9-13-12(22-6-3-7-23-13)8-10(11)15(14(20)21)4-1-2-5-15/h8-9H,1-7H2,(H,20,21). The molecular formula is C16H17F3O4. The highest BCUT2D eigenvalue weighted by molar-refractivity contribution is 5.83. The van der Waals surface area contributed by atoms with Crippen LogP contribution >= 0.6 is 0 Å². The van der Waals surface area contributed by atoms with Gasteiger partial charge in [0.15, 0.2) is 11.5 Å². The van der Waals surface area contributed by atoms with Gasteiger partial charge in [-0.2, -0.15) is 13.2 Å². The van der Waals surface area contributed by atoms with Crippen LogP contribution in [0, 0.1) is 0 Å². The number of carboxylic acid groups (broad SMARTS) is 1. The average molecular weight is 330 g/mol. The molecule has 0 radical (unpaired) electrons. The van der Waals surface area contributed by atoms with Crippen molar-refractivity contribution in [3.05, 3.63) is 23.3 Å². The van der Waals surface area contributed by atoms with E-state index in [1.807, 2.05) is 0 Å². The van der Waals surface area contributed by atoms with E-state index < -0.39 is 23.1 Å². The van der Waals surface area contributed by atoms with Crippen molar-refractivity contribution in [3.63, 3.8) is 0 Å². The molecular weight excluding hydrogens is 313 g/mol. The molecule has 1 heterocycles. The number of hydrogen-bond acceptors (Lipinski definition) is 3. The minimum absolute atomic E-state index is 0.0251. The lowest BCUT2D eigenvalue weighted by atomic mass is 9.76. The number of alkyl halides is 3. The Labute approximate surface area is 131 Å². The number of hydrogen-bond donors (Lipinski definition) is 1. The topological polar surface area (TPSA) is 55.8 Å². The summed E-state index contributed by atoms with van der Waals surface area (Å²) in [4.78, 5) is 11.8. The fourth-order valence-corrected chi connectivity index (χ4v) is 3.42. The first-order valence-electron chi connectivity index (χ1n) is 7.59. The second-order valence-corrected chi connectivity index (χ2v) is 5.99. The Hall–Kier alpha value is -1.92. The number of rotatable bonds is 2. The van der Waals surface area contributed by atoms with Crippen LogP contribution < -0.4 is 9.47 Å². The lowest BCUT2D eigenvalue weighted by molar-refractivity contribution is -0.146. The molecule has 0 aromatic heterocycles. The van der Waals surface area contributed by atoms with Crippen molar-refractivity contribution in [2.75, 3.05) is 13.2 Å². The minimum Gasteiger partial charge on any atom is -0.490 e. The van der Waals surface area contributed by atoms with Gasteiger partial charge in [0, 0.05) is 6.42 Å². The molecule has 0 amide bonds. The Morgan fingerprint density at radius 1 is 1.04 bits per heavy atom. The molecule has 1 aliphatic carbocycles. The Balaban J connectivity index is 2.21. The SMILES string of the molecule is O=C(O)C1(c2cc3c(cc2C(F)(F)F)OCCCO3)CCCC1. The van der Waals surface area contributed by atoms with Crippen LogP contribution in [-0.4, -0.2) is 24.3 Å². The summed E-state index contributed by atoms with van der Waals surface area (Å²) in [5.74, 6) is -0.995. The maximum atomic E-state index is 13.5. The number of aliphatic carboxylic acids is 1. The lowest BCUT2D eigenvalue weighted by Crippen LogP contribution is -2.35. The van der Waals surface area contributed by atoms with Crippen LogP contribution in [0.5, 0.6) is 11.5 Å². The highest BCUT2D eigenvalue weighted by atomic mass is 19.4. The number of carbonyl (C=O) groups is 1. The van der Waals surface area contributed by atoms with Crippen molar-refractivity contribution >= 4 is 5.97 Å². The van der Waals surface area contributed by atoms with E-state index in [1.165, 1.54) is 6.07 Å². The normalized spacial score (nSPS) is 20.1. The summed E-state index contributed by atoms with van der Waals surface area (Å²) in [6.45, 7) is 0.603. The summed E-state index contributed by atoms with van der Waals surface area (Å²) < 4.78 is 51.3. The van der Waals surface area contributed by atoms with E-state index in [4.69, 9.17) is 9.47 Å². The minimum atomic E-state index is -4.65. The molecule has 0 atom stereocenters. The fraction of sp³-hybridized carbons (Fsp3) is 0.562. The number of carboxylic acids is 1. The second kappa shape index (κ2) is 5.62. The summed E-state index contributed by atoms with van der Waals surface area (Å²) in [6.07, 6.45) is -2.49. The van der Waals surface area contributed by atoms with Gasteiger partial charge in [-0.05, 0) is 30.5 Å². The van der Waals surface area contributed by atoms with Gasteiger partial charge >= 0.3 is 12.1 Å². The Bertz CT molecular complexity index is 618. The third-order valence-electron chi connectivity index (χ3n) is 4.58. The van der Waals surface area contributed by atoms with Crippen LogP contribution in [0.3, 0.4) is 0 Å². The molecule has 1 N–H and O–H groups in total. The van der Waals surface area contributed by atoms with Crippen molar-refractivity contribution in [3.8, 4) is 11.5 Å². The largest absolute Gasteiger partial charge is 0.490 e. The van der Waals surface area contributed by atoms with Crippen LogP contribution in [0.15, 0.2) is 12.1 Å². The van der Waals surface area contributed by atoms with Crippen LogP contribution in [-0.2, 0) is 16.4 Å². The molecule has 0 saturated heterocycles. The van der Waals surface area contributed by atoms with Crippen LogP contribution in [0.1, 0.15) is 43.2 Å². The molecule has 0 bridgehead atoms. The first-order chi connectivity index (χ1) is 10.8. The predicted molar refractivity (Wildman–Crippen MR) is 74.8 cm³/mol. The van der Waals surface area contributed by atoms with E-state index in [2.05, 4.69) is 0 Å². The molecule has 23 heavy (non-hydrogen) atoms. The third-order valence-corrected chi connectivity index (χ3v) is 4.58. The van der Waals surface area contributed by atoms with Gasteiger partial charge in [0.2, 0.25) is 0 Å². The van der Waals surface area contributed by atoms with Crippen molar-refractivity contribution in [2.24, 2.45) is 0 Å². The molecule has 126 valence electrons. The lowest BCUT2D eigenvalue weighted by Gasteiger charge is -2.28. The molecule has 4 nitrogen and oxygen atoms in total. The van der Waals surface area contributed by atoms with Crippen molar-refractivity contribution < 1.29 is 32.5 Å².